The Morgan fingerprint density at radius 1 is 1.20 bits per heavy atom. The lowest BCUT2D eigenvalue weighted by atomic mass is 10.2. The van der Waals surface area contributed by atoms with Crippen LogP contribution in [0.1, 0.15) is 26.2 Å². The van der Waals surface area contributed by atoms with Crippen LogP contribution in [0.15, 0.2) is 29.3 Å². The number of ether oxygens (including phenoxy) is 1. The van der Waals surface area contributed by atoms with Crippen molar-refractivity contribution in [3.63, 3.8) is 0 Å². The van der Waals surface area contributed by atoms with Crippen molar-refractivity contribution in [1.82, 2.24) is 10.2 Å². The van der Waals surface area contributed by atoms with Crippen molar-refractivity contribution in [2.75, 3.05) is 57.9 Å². The number of halogens is 1. The highest BCUT2D eigenvalue weighted by molar-refractivity contribution is 6.30. The minimum atomic E-state index is 0.795. The van der Waals surface area contributed by atoms with E-state index in [-0.39, 0.29) is 0 Å². The fourth-order valence-electron chi connectivity index (χ4n) is 3.00. The first-order valence-corrected chi connectivity index (χ1v) is 9.65. The molecule has 1 fully saturated rings. The zero-order valence-corrected chi connectivity index (χ0v) is 16.3. The number of aliphatic imine (C=N–C) groups is 1. The van der Waals surface area contributed by atoms with Gasteiger partial charge in [0.1, 0.15) is 0 Å². The van der Waals surface area contributed by atoms with Crippen molar-refractivity contribution in [2.24, 2.45) is 4.99 Å². The van der Waals surface area contributed by atoms with E-state index in [1.165, 1.54) is 12.1 Å². The van der Waals surface area contributed by atoms with Gasteiger partial charge >= 0.3 is 0 Å². The Morgan fingerprint density at radius 2 is 2.00 bits per heavy atom. The average Bonchev–Trinajstić information content (AvgIpc) is 2.64. The standard InChI is InChI=1S/C19H31ClN4O/c1-3-21-19(22-10-5-4-6-15-25-2)24-13-11-23(12-14-24)18-9-7-8-17(20)16-18/h7-9,16H,3-6,10-15H2,1-2H3,(H,21,22). The molecule has 1 aromatic rings. The quantitative estimate of drug-likeness (QED) is 0.435. The lowest BCUT2D eigenvalue weighted by Gasteiger charge is -2.37. The van der Waals surface area contributed by atoms with Crippen LogP contribution >= 0.6 is 11.6 Å². The van der Waals surface area contributed by atoms with E-state index in [1.54, 1.807) is 7.11 Å². The van der Waals surface area contributed by atoms with Crippen molar-refractivity contribution in [3.05, 3.63) is 29.3 Å². The van der Waals surface area contributed by atoms with Crippen molar-refractivity contribution >= 4 is 23.2 Å². The van der Waals surface area contributed by atoms with E-state index in [4.69, 9.17) is 21.3 Å². The normalized spacial score (nSPS) is 15.6. The smallest absolute Gasteiger partial charge is 0.194 e. The molecule has 0 bridgehead atoms. The molecule has 0 radical (unpaired) electrons. The lowest BCUT2D eigenvalue weighted by molar-refractivity contribution is 0.192. The van der Waals surface area contributed by atoms with Crippen LogP contribution in [0.2, 0.25) is 5.02 Å². The summed E-state index contributed by atoms with van der Waals surface area (Å²) in [5.41, 5.74) is 1.20. The van der Waals surface area contributed by atoms with E-state index < -0.39 is 0 Å². The Morgan fingerprint density at radius 3 is 2.68 bits per heavy atom. The number of hydrogen-bond acceptors (Lipinski definition) is 3. The van der Waals surface area contributed by atoms with E-state index in [1.807, 2.05) is 18.2 Å². The summed E-state index contributed by atoms with van der Waals surface area (Å²) in [5.74, 6) is 1.04. The molecule has 1 aliphatic rings. The van der Waals surface area contributed by atoms with Gasteiger partial charge in [0.25, 0.3) is 0 Å². The van der Waals surface area contributed by atoms with E-state index in [2.05, 4.69) is 28.1 Å². The molecule has 6 heteroatoms. The first-order valence-electron chi connectivity index (χ1n) is 9.27. The maximum atomic E-state index is 6.11. The molecule has 0 spiro atoms. The van der Waals surface area contributed by atoms with Crippen LogP contribution in [-0.2, 0) is 4.74 Å². The fraction of sp³-hybridized carbons (Fsp3) is 0.632. The second kappa shape index (κ2) is 11.2. The summed E-state index contributed by atoms with van der Waals surface area (Å²) < 4.78 is 5.09. The molecule has 1 aromatic carbocycles. The highest BCUT2D eigenvalue weighted by Gasteiger charge is 2.19. The molecule has 0 saturated carbocycles. The van der Waals surface area contributed by atoms with Gasteiger partial charge in [0.2, 0.25) is 0 Å². The maximum absolute atomic E-state index is 6.11. The zero-order valence-electron chi connectivity index (χ0n) is 15.5. The van der Waals surface area contributed by atoms with E-state index >= 15 is 0 Å². The van der Waals surface area contributed by atoms with Gasteiger partial charge in [0.05, 0.1) is 0 Å². The largest absolute Gasteiger partial charge is 0.385 e. The van der Waals surface area contributed by atoms with Gasteiger partial charge in [0, 0.05) is 63.7 Å². The minimum absolute atomic E-state index is 0.795. The molecule has 0 unspecified atom stereocenters. The number of nitrogens with one attached hydrogen (secondary N) is 1. The number of hydrogen-bond donors (Lipinski definition) is 1. The zero-order chi connectivity index (χ0) is 17.9. The van der Waals surface area contributed by atoms with Crippen LogP contribution < -0.4 is 10.2 Å². The van der Waals surface area contributed by atoms with Gasteiger partial charge in [-0.3, -0.25) is 4.99 Å². The third-order valence-electron chi connectivity index (χ3n) is 4.36. The SMILES string of the molecule is CCNC(=NCCCCCOC)N1CCN(c2cccc(Cl)c2)CC1. The molecule has 25 heavy (non-hydrogen) atoms. The molecule has 5 nitrogen and oxygen atoms in total. The molecule has 0 aromatic heterocycles. The van der Waals surface area contributed by atoms with E-state index in [0.29, 0.717) is 0 Å². The number of piperazine rings is 1. The van der Waals surface area contributed by atoms with Gasteiger partial charge in [-0.2, -0.15) is 0 Å². The van der Waals surface area contributed by atoms with Crippen LogP contribution in [-0.4, -0.2) is 63.8 Å². The van der Waals surface area contributed by atoms with Crippen molar-refractivity contribution in [1.29, 1.82) is 0 Å². The highest BCUT2D eigenvalue weighted by atomic mass is 35.5. The van der Waals surface area contributed by atoms with Crippen molar-refractivity contribution < 1.29 is 4.74 Å². The highest BCUT2D eigenvalue weighted by Crippen LogP contribution is 2.20. The topological polar surface area (TPSA) is 40.1 Å². The minimum Gasteiger partial charge on any atom is -0.385 e. The number of nitrogens with zero attached hydrogens (tertiary/aromatic N) is 3. The van der Waals surface area contributed by atoms with Crippen LogP contribution in [0.3, 0.4) is 0 Å². The number of methoxy groups -OCH3 is 1. The van der Waals surface area contributed by atoms with Crippen LogP contribution in [0.25, 0.3) is 0 Å². The lowest BCUT2D eigenvalue weighted by Crippen LogP contribution is -2.52. The summed E-state index contributed by atoms with van der Waals surface area (Å²) in [7, 11) is 1.75. The second-order valence-electron chi connectivity index (χ2n) is 6.24. The molecule has 0 aliphatic carbocycles. The number of anilines is 1. The Labute approximate surface area is 157 Å². The number of guanidine groups is 1. The molecule has 0 amide bonds. The van der Waals surface area contributed by atoms with Gasteiger partial charge < -0.3 is 19.9 Å². The molecule has 2 rings (SSSR count). The number of unbranched alkanes of at least 4 members (excludes halogenated alkanes) is 2. The molecule has 1 saturated heterocycles. The van der Waals surface area contributed by atoms with Crippen molar-refractivity contribution in [2.45, 2.75) is 26.2 Å². The Bertz CT molecular complexity index is 530. The molecule has 1 aliphatic heterocycles. The predicted octanol–water partition coefficient (Wildman–Crippen LogP) is 3.24. The average molecular weight is 367 g/mol. The van der Waals surface area contributed by atoms with E-state index in [0.717, 1.165) is 69.7 Å². The van der Waals surface area contributed by atoms with Crippen molar-refractivity contribution in [3.8, 4) is 0 Å². The third-order valence-corrected chi connectivity index (χ3v) is 4.59. The summed E-state index contributed by atoms with van der Waals surface area (Å²) in [5, 5.41) is 4.22. The molecule has 140 valence electrons. The molecular weight excluding hydrogens is 336 g/mol. The van der Waals surface area contributed by atoms with Crippen LogP contribution in [0, 0.1) is 0 Å². The van der Waals surface area contributed by atoms with Gasteiger partial charge in [-0.05, 0) is 44.4 Å². The summed E-state index contributed by atoms with van der Waals surface area (Å²) in [4.78, 5) is 9.54. The van der Waals surface area contributed by atoms with Crippen LogP contribution in [0.5, 0.6) is 0 Å². The summed E-state index contributed by atoms with van der Waals surface area (Å²) in [6, 6.07) is 8.10. The monoisotopic (exact) mass is 366 g/mol. The first kappa shape index (κ1) is 19.9. The Kier molecular flexibility index (Phi) is 8.91. The Hall–Kier alpha value is -1.46. The van der Waals surface area contributed by atoms with Gasteiger partial charge in [-0.1, -0.05) is 17.7 Å². The molecular formula is C19H31ClN4O. The third kappa shape index (κ3) is 6.75. The fourth-order valence-corrected chi connectivity index (χ4v) is 3.18. The number of rotatable bonds is 8. The Balaban J connectivity index is 1.82. The molecule has 1 heterocycles. The maximum Gasteiger partial charge on any atom is 0.194 e. The first-order chi connectivity index (χ1) is 12.2. The van der Waals surface area contributed by atoms with Gasteiger partial charge in [0.15, 0.2) is 5.96 Å². The van der Waals surface area contributed by atoms with Crippen LogP contribution in [0.4, 0.5) is 5.69 Å². The van der Waals surface area contributed by atoms with E-state index in [9.17, 15) is 0 Å². The second-order valence-corrected chi connectivity index (χ2v) is 6.68. The van der Waals surface area contributed by atoms with Gasteiger partial charge in [-0.15, -0.1) is 0 Å². The summed E-state index contributed by atoms with van der Waals surface area (Å²) >= 11 is 6.11. The van der Waals surface area contributed by atoms with Gasteiger partial charge in [-0.25, -0.2) is 0 Å². The summed E-state index contributed by atoms with van der Waals surface area (Å²) in [6.07, 6.45) is 3.39. The molecule has 1 N–H and O–H groups in total. The summed E-state index contributed by atoms with van der Waals surface area (Å²) in [6.45, 7) is 8.66. The predicted molar refractivity (Wildman–Crippen MR) is 107 cm³/mol. The molecule has 0 atom stereocenters. The number of benzene rings is 1.